The molecule has 102 valence electrons. The summed E-state index contributed by atoms with van der Waals surface area (Å²) in [4.78, 5) is 23.6. The first-order valence-electron chi connectivity index (χ1n) is 5.95. The maximum Gasteiger partial charge on any atom is 0.414 e. The minimum absolute atomic E-state index is 0.0518. The molecule has 0 aliphatic carbocycles. The summed E-state index contributed by atoms with van der Waals surface area (Å²) in [6, 6.07) is 5.30. The Morgan fingerprint density at radius 1 is 1.53 bits per heavy atom. The normalized spacial score (nSPS) is 14.4. The SMILES string of the molecule is COc1ccc(CCC(=O)O)cc1N1CCOC1=O. The van der Waals surface area contributed by atoms with Gasteiger partial charge in [-0.25, -0.2) is 4.79 Å². The molecule has 0 unspecified atom stereocenters. The van der Waals surface area contributed by atoms with Gasteiger partial charge in [0, 0.05) is 6.42 Å². The van der Waals surface area contributed by atoms with Crippen molar-refractivity contribution in [3.05, 3.63) is 23.8 Å². The number of aliphatic carboxylic acids is 1. The van der Waals surface area contributed by atoms with Gasteiger partial charge in [0.2, 0.25) is 0 Å². The summed E-state index contributed by atoms with van der Waals surface area (Å²) in [5.74, 6) is -0.282. The molecule has 1 saturated heterocycles. The fourth-order valence-electron chi connectivity index (χ4n) is 1.97. The van der Waals surface area contributed by atoms with Gasteiger partial charge in [-0.15, -0.1) is 0 Å². The predicted octanol–water partition coefficient (Wildman–Crippen LogP) is 1.67. The van der Waals surface area contributed by atoms with Crippen LogP contribution in [-0.2, 0) is 16.0 Å². The summed E-state index contributed by atoms with van der Waals surface area (Å²) in [5, 5.41) is 8.69. The highest BCUT2D eigenvalue weighted by Crippen LogP contribution is 2.31. The van der Waals surface area contributed by atoms with Gasteiger partial charge in [-0.2, -0.15) is 0 Å². The van der Waals surface area contributed by atoms with Gasteiger partial charge in [0.05, 0.1) is 19.3 Å². The molecule has 1 aromatic rings. The van der Waals surface area contributed by atoms with Crippen LogP contribution < -0.4 is 9.64 Å². The number of carbonyl (C=O) groups excluding carboxylic acids is 1. The monoisotopic (exact) mass is 265 g/mol. The van der Waals surface area contributed by atoms with E-state index < -0.39 is 12.1 Å². The summed E-state index contributed by atoms with van der Waals surface area (Å²) in [5.41, 5.74) is 1.46. The van der Waals surface area contributed by atoms with Crippen LogP contribution >= 0.6 is 0 Å². The van der Waals surface area contributed by atoms with E-state index in [4.69, 9.17) is 14.6 Å². The van der Waals surface area contributed by atoms with Crippen molar-refractivity contribution in [2.24, 2.45) is 0 Å². The van der Waals surface area contributed by atoms with Gasteiger partial charge in [0.25, 0.3) is 0 Å². The van der Waals surface area contributed by atoms with Crippen LogP contribution in [0.1, 0.15) is 12.0 Å². The Hall–Kier alpha value is -2.24. The standard InChI is InChI=1S/C13H15NO5/c1-18-11-4-2-9(3-5-12(15)16)8-10(11)14-6-7-19-13(14)17/h2,4,8H,3,5-7H2,1H3,(H,15,16). The molecule has 0 bridgehead atoms. The molecule has 1 N–H and O–H groups in total. The molecule has 1 aromatic carbocycles. The van der Waals surface area contributed by atoms with Gasteiger partial charge in [0.1, 0.15) is 12.4 Å². The van der Waals surface area contributed by atoms with E-state index in [-0.39, 0.29) is 6.42 Å². The predicted molar refractivity (Wildman–Crippen MR) is 67.6 cm³/mol. The van der Waals surface area contributed by atoms with E-state index in [0.29, 0.717) is 31.0 Å². The number of benzene rings is 1. The number of hydrogen-bond donors (Lipinski definition) is 1. The van der Waals surface area contributed by atoms with Crippen LogP contribution in [-0.4, -0.2) is 37.4 Å². The number of ether oxygens (including phenoxy) is 2. The second kappa shape index (κ2) is 5.60. The maximum atomic E-state index is 11.6. The number of nitrogens with zero attached hydrogens (tertiary/aromatic N) is 1. The zero-order chi connectivity index (χ0) is 13.8. The van der Waals surface area contributed by atoms with Crippen molar-refractivity contribution in [1.82, 2.24) is 0 Å². The molecule has 1 aliphatic heterocycles. The van der Waals surface area contributed by atoms with Crippen LogP contribution in [0.15, 0.2) is 18.2 Å². The van der Waals surface area contributed by atoms with E-state index in [1.54, 1.807) is 18.2 Å². The summed E-state index contributed by atoms with van der Waals surface area (Å²) < 4.78 is 10.1. The van der Waals surface area contributed by atoms with Crippen LogP contribution in [0.25, 0.3) is 0 Å². The Morgan fingerprint density at radius 2 is 2.32 bits per heavy atom. The number of anilines is 1. The van der Waals surface area contributed by atoms with Crippen molar-refractivity contribution < 1.29 is 24.2 Å². The molecule has 0 atom stereocenters. The van der Waals surface area contributed by atoms with Crippen LogP contribution in [0.5, 0.6) is 5.75 Å². The first-order valence-corrected chi connectivity index (χ1v) is 5.95. The van der Waals surface area contributed by atoms with Crippen LogP contribution in [0.4, 0.5) is 10.5 Å². The molecule has 6 nitrogen and oxygen atoms in total. The number of aryl methyl sites for hydroxylation is 1. The summed E-state index contributed by atoms with van der Waals surface area (Å²) in [7, 11) is 1.52. The van der Waals surface area contributed by atoms with Crippen molar-refractivity contribution in [2.75, 3.05) is 25.2 Å². The lowest BCUT2D eigenvalue weighted by Gasteiger charge is -2.17. The molecule has 6 heteroatoms. The number of amides is 1. The minimum atomic E-state index is -0.849. The van der Waals surface area contributed by atoms with Crippen molar-refractivity contribution >= 4 is 17.7 Å². The molecule has 0 radical (unpaired) electrons. The number of cyclic esters (lactones) is 1. The van der Waals surface area contributed by atoms with Gasteiger partial charge in [-0.05, 0) is 24.1 Å². The number of hydrogen-bond acceptors (Lipinski definition) is 4. The first kappa shape index (κ1) is 13.2. The second-order valence-electron chi connectivity index (χ2n) is 4.17. The third kappa shape index (κ3) is 2.96. The highest BCUT2D eigenvalue weighted by Gasteiger charge is 2.26. The van der Waals surface area contributed by atoms with Gasteiger partial charge >= 0.3 is 12.1 Å². The third-order valence-corrected chi connectivity index (χ3v) is 2.92. The van der Waals surface area contributed by atoms with Crippen LogP contribution in [0.2, 0.25) is 0 Å². The second-order valence-corrected chi connectivity index (χ2v) is 4.17. The molecule has 1 aliphatic rings. The van der Waals surface area contributed by atoms with Crippen molar-refractivity contribution in [2.45, 2.75) is 12.8 Å². The Balaban J connectivity index is 2.25. The summed E-state index contributed by atoms with van der Waals surface area (Å²) >= 11 is 0. The Morgan fingerprint density at radius 3 is 2.89 bits per heavy atom. The zero-order valence-corrected chi connectivity index (χ0v) is 10.6. The van der Waals surface area contributed by atoms with E-state index in [1.807, 2.05) is 0 Å². The zero-order valence-electron chi connectivity index (χ0n) is 10.6. The summed E-state index contributed by atoms with van der Waals surface area (Å²) in [6.45, 7) is 0.818. The van der Waals surface area contributed by atoms with Gasteiger partial charge in [-0.1, -0.05) is 6.07 Å². The molecular formula is C13H15NO5. The number of methoxy groups -OCH3 is 1. The molecule has 1 amide bonds. The number of carboxylic acid groups (broad SMARTS) is 1. The highest BCUT2D eigenvalue weighted by atomic mass is 16.6. The van der Waals surface area contributed by atoms with E-state index in [0.717, 1.165) is 5.56 Å². The number of carboxylic acids is 1. The van der Waals surface area contributed by atoms with Crippen molar-refractivity contribution in [3.63, 3.8) is 0 Å². The quantitative estimate of drug-likeness (QED) is 0.876. The fraction of sp³-hybridized carbons (Fsp3) is 0.385. The molecule has 2 rings (SSSR count). The van der Waals surface area contributed by atoms with Crippen LogP contribution in [0, 0.1) is 0 Å². The fourth-order valence-corrected chi connectivity index (χ4v) is 1.97. The minimum Gasteiger partial charge on any atom is -0.495 e. The lowest BCUT2D eigenvalue weighted by molar-refractivity contribution is -0.136. The molecule has 1 heterocycles. The van der Waals surface area contributed by atoms with Gasteiger partial charge in [0.15, 0.2) is 0 Å². The Bertz CT molecular complexity index is 500. The Labute approximate surface area is 110 Å². The molecule has 0 spiro atoms. The molecule has 19 heavy (non-hydrogen) atoms. The maximum absolute atomic E-state index is 11.6. The molecule has 0 aromatic heterocycles. The van der Waals surface area contributed by atoms with E-state index in [9.17, 15) is 9.59 Å². The lowest BCUT2D eigenvalue weighted by atomic mass is 10.1. The third-order valence-electron chi connectivity index (χ3n) is 2.92. The van der Waals surface area contributed by atoms with E-state index in [1.165, 1.54) is 12.0 Å². The lowest BCUT2D eigenvalue weighted by Crippen LogP contribution is -2.24. The van der Waals surface area contributed by atoms with E-state index >= 15 is 0 Å². The largest absolute Gasteiger partial charge is 0.495 e. The number of rotatable bonds is 5. The van der Waals surface area contributed by atoms with Crippen molar-refractivity contribution in [3.8, 4) is 5.75 Å². The van der Waals surface area contributed by atoms with E-state index in [2.05, 4.69) is 0 Å². The van der Waals surface area contributed by atoms with Crippen LogP contribution in [0.3, 0.4) is 0 Å². The smallest absolute Gasteiger partial charge is 0.414 e. The van der Waals surface area contributed by atoms with Gasteiger partial charge < -0.3 is 14.6 Å². The average Bonchev–Trinajstić information content (AvgIpc) is 2.82. The number of carbonyl (C=O) groups is 2. The van der Waals surface area contributed by atoms with Gasteiger partial charge in [-0.3, -0.25) is 9.69 Å². The first-order chi connectivity index (χ1) is 9.11. The molecule has 0 saturated carbocycles. The molecular weight excluding hydrogens is 250 g/mol. The highest BCUT2D eigenvalue weighted by molar-refractivity contribution is 5.91. The average molecular weight is 265 g/mol. The Kier molecular flexibility index (Phi) is 3.89. The summed E-state index contributed by atoms with van der Waals surface area (Å²) in [6.07, 6.45) is 0.0551. The van der Waals surface area contributed by atoms with Crippen molar-refractivity contribution in [1.29, 1.82) is 0 Å². The molecule has 1 fully saturated rings. The topological polar surface area (TPSA) is 76.1 Å².